The van der Waals surface area contributed by atoms with Gasteiger partial charge in [0.15, 0.2) is 0 Å². The van der Waals surface area contributed by atoms with E-state index in [4.69, 9.17) is 0 Å². The first-order chi connectivity index (χ1) is 12.8. The number of hydrogen-bond donors (Lipinski definition) is 0. The third-order valence-electron chi connectivity index (χ3n) is 4.48. The first kappa shape index (κ1) is 19.6. The molecule has 144 valence electrons. The molecule has 1 aliphatic rings. The van der Waals surface area contributed by atoms with Crippen LogP contribution in [-0.4, -0.2) is 36.0 Å². The summed E-state index contributed by atoms with van der Waals surface area (Å²) >= 11 is 1.81. The Morgan fingerprint density at radius 3 is 2.67 bits per heavy atom. The van der Waals surface area contributed by atoms with Crippen molar-refractivity contribution < 1.29 is 22.7 Å². The van der Waals surface area contributed by atoms with Gasteiger partial charge in [-0.25, -0.2) is 0 Å². The number of amides is 1. The van der Waals surface area contributed by atoms with Gasteiger partial charge in [0.05, 0.1) is 0 Å². The monoisotopic (exact) mass is 395 g/mol. The summed E-state index contributed by atoms with van der Waals surface area (Å²) < 4.78 is 41.1. The lowest BCUT2D eigenvalue weighted by Gasteiger charge is -2.21. The Labute approximate surface area is 160 Å². The predicted octanol–water partition coefficient (Wildman–Crippen LogP) is 5.21. The summed E-state index contributed by atoms with van der Waals surface area (Å²) in [6, 6.07) is 13.5. The highest BCUT2D eigenvalue weighted by Gasteiger charge is 2.31. The number of ether oxygens (including phenoxy) is 1. The van der Waals surface area contributed by atoms with Gasteiger partial charge in [-0.05, 0) is 42.7 Å². The van der Waals surface area contributed by atoms with E-state index in [0.717, 1.165) is 18.2 Å². The number of carbonyl (C=O) groups excluding carboxylic acids is 1. The van der Waals surface area contributed by atoms with Gasteiger partial charge in [-0.1, -0.05) is 30.3 Å². The molecule has 0 aliphatic carbocycles. The molecule has 2 aromatic rings. The Kier molecular flexibility index (Phi) is 5.99. The topological polar surface area (TPSA) is 29.5 Å². The van der Waals surface area contributed by atoms with Crippen LogP contribution >= 0.6 is 11.8 Å². The van der Waals surface area contributed by atoms with Crippen molar-refractivity contribution in [2.24, 2.45) is 0 Å². The van der Waals surface area contributed by atoms with E-state index in [2.05, 4.69) is 23.8 Å². The second-order valence-electron chi connectivity index (χ2n) is 6.37. The molecule has 7 heteroatoms. The molecular weight excluding hydrogens is 375 g/mol. The molecule has 1 heterocycles. The maximum absolute atomic E-state index is 12.8. The molecule has 0 spiro atoms. The molecule has 1 fully saturated rings. The summed E-state index contributed by atoms with van der Waals surface area (Å²) in [4.78, 5) is 14.5. The van der Waals surface area contributed by atoms with Gasteiger partial charge in [0, 0.05) is 29.7 Å². The molecule has 2 aromatic carbocycles. The Morgan fingerprint density at radius 1 is 1.15 bits per heavy atom. The average molecular weight is 395 g/mol. The smallest absolute Gasteiger partial charge is 0.406 e. The van der Waals surface area contributed by atoms with Crippen LogP contribution in [-0.2, 0) is 0 Å². The van der Waals surface area contributed by atoms with E-state index in [0.29, 0.717) is 18.3 Å². The molecule has 1 unspecified atom stereocenters. The van der Waals surface area contributed by atoms with Crippen molar-refractivity contribution >= 4 is 17.7 Å². The van der Waals surface area contributed by atoms with E-state index in [-0.39, 0.29) is 17.2 Å². The molecule has 0 aromatic heterocycles. The second kappa shape index (κ2) is 8.25. The molecular formula is C20H20F3NO2S. The fourth-order valence-corrected chi connectivity index (χ4v) is 4.51. The molecule has 1 saturated heterocycles. The minimum Gasteiger partial charge on any atom is -0.406 e. The van der Waals surface area contributed by atoms with Gasteiger partial charge in [0.1, 0.15) is 5.75 Å². The zero-order chi connectivity index (χ0) is 19.4. The number of rotatable bonds is 3. The fraction of sp³-hybridized carbons (Fsp3) is 0.350. The van der Waals surface area contributed by atoms with Gasteiger partial charge >= 0.3 is 6.36 Å². The Balaban J connectivity index is 1.70. The van der Waals surface area contributed by atoms with E-state index in [1.807, 2.05) is 23.9 Å². The van der Waals surface area contributed by atoms with Gasteiger partial charge in [-0.2, -0.15) is 11.8 Å². The summed E-state index contributed by atoms with van der Waals surface area (Å²) in [6.45, 7) is 3.21. The van der Waals surface area contributed by atoms with Gasteiger partial charge in [0.2, 0.25) is 0 Å². The van der Waals surface area contributed by atoms with Crippen molar-refractivity contribution in [1.82, 2.24) is 4.90 Å². The molecule has 0 N–H and O–H groups in total. The van der Waals surface area contributed by atoms with Crippen molar-refractivity contribution in [3.05, 3.63) is 65.2 Å². The number of nitrogens with zero attached hydrogens (tertiary/aromatic N) is 1. The van der Waals surface area contributed by atoms with E-state index in [9.17, 15) is 18.0 Å². The van der Waals surface area contributed by atoms with Crippen LogP contribution in [0.2, 0.25) is 0 Å². The standard InChI is InChI=1S/C20H20F3NO2S/c1-14-5-2-3-8-17(14)18-9-10-24(11-12-27-18)19(25)15-6-4-7-16(13-15)26-20(21,22)23/h2-8,13,18H,9-12H2,1H3. The molecule has 1 aliphatic heterocycles. The van der Waals surface area contributed by atoms with Crippen LogP contribution in [0.4, 0.5) is 13.2 Å². The van der Waals surface area contributed by atoms with Gasteiger partial charge < -0.3 is 9.64 Å². The summed E-state index contributed by atoms with van der Waals surface area (Å²) in [7, 11) is 0. The highest BCUT2D eigenvalue weighted by molar-refractivity contribution is 7.99. The molecule has 1 atom stereocenters. The lowest BCUT2D eigenvalue weighted by molar-refractivity contribution is -0.274. The fourth-order valence-electron chi connectivity index (χ4n) is 3.18. The van der Waals surface area contributed by atoms with Crippen LogP contribution in [0.3, 0.4) is 0 Å². The SMILES string of the molecule is Cc1ccccc1C1CCN(C(=O)c2cccc(OC(F)(F)F)c2)CCS1. The zero-order valence-electron chi connectivity index (χ0n) is 14.8. The molecule has 27 heavy (non-hydrogen) atoms. The molecule has 3 rings (SSSR count). The first-order valence-electron chi connectivity index (χ1n) is 8.66. The van der Waals surface area contributed by atoms with E-state index < -0.39 is 6.36 Å². The number of thioether (sulfide) groups is 1. The minimum atomic E-state index is -4.78. The number of halogens is 3. The highest BCUT2D eigenvalue weighted by atomic mass is 32.2. The van der Waals surface area contributed by atoms with Crippen LogP contribution in [0.1, 0.15) is 33.2 Å². The van der Waals surface area contributed by atoms with E-state index in [1.54, 1.807) is 4.90 Å². The zero-order valence-corrected chi connectivity index (χ0v) is 15.6. The number of carbonyl (C=O) groups is 1. The van der Waals surface area contributed by atoms with Gasteiger partial charge in [-0.3, -0.25) is 4.79 Å². The van der Waals surface area contributed by atoms with E-state index in [1.165, 1.54) is 29.3 Å². The summed E-state index contributed by atoms with van der Waals surface area (Å²) in [5.41, 5.74) is 2.71. The lowest BCUT2D eigenvalue weighted by Crippen LogP contribution is -2.33. The predicted molar refractivity (Wildman–Crippen MR) is 100 cm³/mol. The van der Waals surface area contributed by atoms with Crippen LogP contribution in [0, 0.1) is 6.92 Å². The highest BCUT2D eigenvalue weighted by Crippen LogP contribution is 2.36. The van der Waals surface area contributed by atoms with Crippen LogP contribution < -0.4 is 4.74 Å². The third-order valence-corrected chi connectivity index (χ3v) is 5.79. The van der Waals surface area contributed by atoms with Gasteiger partial charge in [0.25, 0.3) is 5.91 Å². The number of benzene rings is 2. The van der Waals surface area contributed by atoms with E-state index >= 15 is 0 Å². The Hall–Kier alpha value is -2.15. The van der Waals surface area contributed by atoms with Crippen LogP contribution in [0.25, 0.3) is 0 Å². The Bertz CT molecular complexity index is 810. The lowest BCUT2D eigenvalue weighted by atomic mass is 10.0. The van der Waals surface area contributed by atoms with Crippen molar-refractivity contribution in [3.8, 4) is 5.75 Å². The van der Waals surface area contributed by atoms with Crippen molar-refractivity contribution in [2.75, 3.05) is 18.8 Å². The van der Waals surface area contributed by atoms with Crippen molar-refractivity contribution in [1.29, 1.82) is 0 Å². The maximum atomic E-state index is 12.8. The van der Waals surface area contributed by atoms with Crippen molar-refractivity contribution in [3.63, 3.8) is 0 Å². The average Bonchev–Trinajstić information content (AvgIpc) is 2.86. The molecule has 0 saturated carbocycles. The van der Waals surface area contributed by atoms with Crippen LogP contribution in [0.15, 0.2) is 48.5 Å². The molecule has 0 radical (unpaired) electrons. The maximum Gasteiger partial charge on any atom is 0.573 e. The first-order valence-corrected chi connectivity index (χ1v) is 9.70. The number of aryl methyl sites for hydroxylation is 1. The quantitative estimate of drug-likeness (QED) is 0.714. The minimum absolute atomic E-state index is 0.205. The van der Waals surface area contributed by atoms with Gasteiger partial charge in [-0.15, -0.1) is 13.2 Å². The molecule has 0 bridgehead atoms. The Morgan fingerprint density at radius 2 is 1.93 bits per heavy atom. The van der Waals surface area contributed by atoms with Crippen molar-refractivity contribution in [2.45, 2.75) is 25.0 Å². The largest absolute Gasteiger partial charge is 0.573 e. The normalized spacial score (nSPS) is 18.1. The summed E-state index contributed by atoms with van der Waals surface area (Å²) in [6.07, 6.45) is -3.97. The van der Waals surface area contributed by atoms with Crippen LogP contribution in [0.5, 0.6) is 5.75 Å². The third kappa shape index (κ3) is 5.19. The number of alkyl halides is 3. The molecule has 3 nitrogen and oxygen atoms in total. The number of hydrogen-bond acceptors (Lipinski definition) is 3. The summed E-state index contributed by atoms with van der Waals surface area (Å²) in [5, 5.41) is 0.309. The second-order valence-corrected chi connectivity index (χ2v) is 7.68. The molecule has 1 amide bonds. The summed E-state index contributed by atoms with van der Waals surface area (Å²) in [5.74, 6) is 0.132.